The summed E-state index contributed by atoms with van der Waals surface area (Å²) in [6.45, 7) is 0. The zero-order valence-electron chi connectivity index (χ0n) is 16.1. The van der Waals surface area contributed by atoms with Crippen LogP contribution in [0.15, 0.2) is 58.1 Å². The van der Waals surface area contributed by atoms with Crippen LogP contribution in [-0.4, -0.2) is 23.0 Å². The number of hydrogen-bond acceptors (Lipinski definition) is 4. The summed E-state index contributed by atoms with van der Waals surface area (Å²) in [5, 5.41) is 5.03. The highest BCUT2D eigenvalue weighted by Crippen LogP contribution is 2.65. The molecule has 1 saturated heterocycles. The van der Waals surface area contributed by atoms with Crippen molar-refractivity contribution in [2.75, 3.05) is 0 Å². The number of rotatable bonds is 3. The van der Waals surface area contributed by atoms with E-state index < -0.39 is 11.7 Å². The molecule has 0 spiro atoms. The number of alkyl halides is 3. The second-order valence-corrected chi connectivity index (χ2v) is 8.67. The molecule has 2 saturated carbocycles. The lowest BCUT2D eigenvalue weighted by Crippen LogP contribution is -2.40. The van der Waals surface area contributed by atoms with Gasteiger partial charge in [-0.05, 0) is 54.4 Å². The average Bonchev–Trinajstić information content (AvgIpc) is 3.38. The molecule has 1 aromatic carbocycles. The number of imide groups is 1. The van der Waals surface area contributed by atoms with Gasteiger partial charge in [0.2, 0.25) is 0 Å². The molecular weight excluding hydrogens is 409 g/mol. The molecule has 31 heavy (non-hydrogen) atoms. The minimum Gasteiger partial charge on any atom is -0.455 e. The number of amides is 2. The third-order valence-corrected chi connectivity index (χ3v) is 7.04. The highest BCUT2D eigenvalue weighted by atomic mass is 19.4. The molecule has 5 aliphatic rings. The molecule has 1 aromatic heterocycles. The first-order valence-electron chi connectivity index (χ1n) is 10.2. The van der Waals surface area contributed by atoms with Gasteiger partial charge in [-0.2, -0.15) is 23.3 Å². The molecule has 158 valence electrons. The van der Waals surface area contributed by atoms with Crippen molar-refractivity contribution >= 4 is 18.0 Å². The van der Waals surface area contributed by atoms with Crippen LogP contribution in [0.5, 0.6) is 0 Å². The van der Waals surface area contributed by atoms with Crippen LogP contribution in [-0.2, 0) is 15.8 Å². The number of hydrogen-bond donors (Lipinski definition) is 0. The van der Waals surface area contributed by atoms with Crippen LogP contribution >= 0.6 is 0 Å². The minimum atomic E-state index is -4.45. The molecule has 1 aliphatic heterocycles. The number of carbonyl (C=O) groups excluding carboxylic acids is 2. The van der Waals surface area contributed by atoms with Crippen molar-refractivity contribution in [3.63, 3.8) is 0 Å². The summed E-state index contributed by atoms with van der Waals surface area (Å²) in [4.78, 5) is 25.8. The van der Waals surface area contributed by atoms with E-state index in [1.165, 1.54) is 30.5 Å². The summed E-state index contributed by atoms with van der Waals surface area (Å²) in [6, 6.07) is 7.89. The van der Waals surface area contributed by atoms with E-state index in [4.69, 9.17) is 4.42 Å². The van der Waals surface area contributed by atoms with Crippen LogP contribution in [0.2, 0.25) is 0 Å². The van der Waals surface area contributed by atoms with Crippen molar-refractivity contribution in [2.24, 2.45) is 40.6 Å². The topological polar surface area (TPSA) is 62.9 Å². The largest absolute Gasteiger partial charge is 0.455 e. The Bertz CT molecular complexity index is 1130. The van der Waals surface area contributed by atoms with E-state index in [2.05, 4.69) is 17.3 Å². The van der Waals surface area contributed by atoms with E-state index in [1.807, 2.05) is 0 Å². The van der Waals surface area contributed by atoms with E-state index in [9.17, 15) is 22.8 Å². The molecule has 0 radical (unpaired) electrons. The van der Waals surface area contributed by atoms with Gasteiger partial charge in [0, 0.05) is 5.56 Å². The fourth-order valence-electron chi connectivity index (χ4n) is 5.60. The zero-order valence-corrected chi connectivity index (χ0v) is 16.1. The molecule has 2 aromatic rings. The Morgan fingerprint density at radius 3 is 2.32 bits per heavy atom. The number of allylic oxidation sites excluding steroid dienone is 2. The Kier molecular flexibility index (Phi) is 3.71. The van der Waals surface area contributed by atoms with Crippen LogP contribution in [0.25, 0.3) is 11.3 Å². The second-order valence-electron chi connectivity index (χ2n) is 8.67. The maximum atomic E-state index is 12.9. The Balaban J connectivity index is 1.23. The molecule has 4 aliphatic carbocycles. The summed E-state index contributed by atoms with van der Waals surface area (Å²) >= 11 is 0. The lowest BCUT2D eigenvalue weighted by Gasteiger charge is -2.37. The van der Waals surface area contributed by atoms with Gasteiger partial charge < -0.3 is 4.42 Å². The first kappa shape index (κ1) is 18.6. The molecule has 3 fully saturated rings. The van der Waals surface area contributed by atoms with E-state index in [-0.39, 0.29) is 52.6 Å². The maximum absolute atomic E-state index is 12.9. The summed E-state index contributed by atoms with van der Waals surface area (Å²) in [6.07, 6.45) is 2.08. The molecule has 5 nitrogen and oxygen atoms in total. The van der Waals surface area contributed by atoms with Gasteiger partial charge in [0.15, 0.2) is 0 Å². The third-order valence-electron chi connectivity index (χ3n) is 7.04. The van der Waals surface area contributed by atoms with Crippen LogP contribution < -0.4 is 0 Å². The van der Waals surface area contributed by atoms with Crippen molar-refractivity contribution in [3.05, 3.63) is 59.9 Å². The van der Waals surface area contributed by atoms with Crippen molar-refractivity contribution in [3.8, 4) is 11.3 Å². The maximum Gasteiger partial charge on any atom is 0.416 e. The van der Waals surface area contributed by atoms with Gasteiger partial charge >= 0.3 is 6.18 Å². The van der Waals surface area contributed by atoms with Crippen molar-refractivity contribution in [1.82, 2.24) is 5.01 Å². The number of hydrazone groups is 1. The average molecular weight is 426 g/mol. The van der Waals surface area contributed by atoms with Crippen LogP contribution in [0.3, 0.4) is 0 Å². The molecule has 2 heterocycles. The van der Waals surface area contributed by atoms with Gasteiger partial charge in [-0.1, -0.05) is 24.3 Å². The van der Waals surface area contributed by atoms with Crippen LogP contribution in [0, 0.1) is 35.5 Å². The molecule has 2 bridgehead atoms. The fraction of sp³-hybridized carbons (Fsp3) is 0.348. The number of benzene rings is 1. The molecule has 6 atom stereocenters. The highest BCUT2D eigenvalue weighted by Gasteiger charge is 2.67. The monoisotopic (exact) mass is 426 g/mol. The molecular formula is C23H17F3N2O3. The summed E-state index contributed by atoms with van der Waals surface area (Å²) in [5.74, 6) is 0.520. The quantitative estimate of drug-likeness (QED) is 0.416. The summed E-state index contributed by atoms with van der Waals surface area (Å²) in [5.41, 5.74) is -0.496. The SMILES string of the molecule is O=C1[C@@H]2[C@@H]3C=C[C@H]([C@H]4C[C@H]34)[C@@H]2C(=O)N1/N=C/c1ccc(-c2cccc(C(F)(F)F)c2)o1. The number of halogens is 3. The van der Waals surface area contributed by atoms with Crippen molar-refractivity contribution in [1.29, 1.82) is 0 Å². The fourth-order valence-corrected chi connectivity index (χ4v) is 5.60. The van der Waals surface area contributed by atoms with E-state index >= 15 is 0 Å². The molecule has 0 N–H and O–H groups in total. The molecule has 0 unspecified atom stereocenters. The van der Waals surface area contributed by atoms with Gasteiger partial charge in [-0.25, -0.2) is 0 Å². The smallest absolute Gasteiger partial charge is 0.416 e. The normalized spacial score (nSPS) is 33.3. The van der Waals surface area contributed by atoms with Gasteiger partial charge in [-0.3, -0.25) is 9.59 Å². The standard InChI is InChI=1S/C23H17F3N2O3/c24-23(25,26)12-3-1-2-11(8-12)18-7-4-13(31-18)10-27-28-21(29)19-14-5-6-15(17-9-16(14)17)20(19)22(28)30/h1-8,10,14-17,19-20H,9H2/b27-10+/t14-,15-,16-,17-,19-,20+/m1/s1. The summed E-state index contributed by atoms with van der Waals surface area (Å²) in [7, 11) is 0. The van der Waals surface area contributed by atoms with Crippen molar-refractivity contribution in [2.45, 2.75) is 12.6 Å². The van der Waals surface area contributed by atoms with Crippen LogP contribution in [0.1, 0.15) is 17.7 Å². The Morgan fingerprint density at radius 1 is 1.00 bits per heavy atom. The first-order chi connectivity index (χ1) is 14.8. The van der Waals surface area contributed by atoms with Gasteiger partial charge in [0.05, 0.1) is 23.6 Å². The van der Waals surface area contributed by atoms with Gasteiger partial charge in [0.1, 0.15) is 11.5 Å². The predicted molar refractivity (Wildman–Crippen MR) is 103 cm³/mol. The van der Waals surface area contributed by atoms with Gasteiger partial charge in [-0.15, -0.1) is 0 Å². The van der Waals surface area contributed by atoms with Gasteiger partial charge in [0.25, 0.3) is 11.8 Å². The Morgan fingerprint density at radius 2 is 1.68 bits per heavy atom. The second kappa shape index (κ2) is 6.18. The number of furan rings is 1. The van der Waals surface area contributed by atoms with Crippen molar-refractivity contribution < 1.29 is 27.2 Å². The molecule has 2 amide bonds. The zero-order chi connectivity index (χ0) is 21.5. The number of nitrogens with zero attached hydrogens (tertiary/aromatic N) is 2. The summed E-state index contributed by atoms with van der Waals surface area (Å²) < 4.78 is 44.4. The lowest BCUT2D eigenvalue weighted by atomic mass is 9.63. The predicted octanol–water partition coefficient (Wildman–Crippen LogP) is 4.35. The number of carbonyl (C=O) groups is 2. The Labute approximate surface area is 175 Å². The molecule has 8 heteroatoms. The van der Waals surface area contributed by atoms with E-state index in [0.717, 1.165) is 23.6 Å². The molecule has 7 rings (SSSR count). The lowest BCUT2D eigenvalue weighted by molar-refractivity contribution is -0.140. The van der Waals surface area contributed by atoms with E-state index in [0.29, 0.717) is 11.8 Å². The third kappa shape index (κ3) is 2.73. The van der Waals surface area contributed by atoms with E-state index in [1.54, 1.807) is 0 Å². The minimum absolute atomic E-state index is 0.118. The van der Waals surface area contributed by atoms with Crippen LogP contribution in [0.4, 0.5) is 13.2 Å². The Hall–Kier alpha value is -3.16. The first-order valence-corrected chi connectivity index (χ1v) is 10.2. The highest BCUT2D eigenvalue weighted by molar-refractivity contribution is 6.06.